The minimum Gasteiger partial charge on any atom is -0.395 e. The number of ether oxygens (including phenoxy) is 1. The van der Waals surface area contributed by atoms with Crippen LogP contribution in [0.15, 0.2) is 54.6 Å². The van der Waals surface area contributed by atoms with E-state index in [1.807, 2.05) is 13.0 Å². The number of aliphatic hydroxyl groups excluding tert-OH is 1. The lowest BCUT2D eigenvalue weighted by Gasteiger charge is -2.13. The van der Waals surface area contributed by atoms with Gasteiger partial charge in [-0.25, -0.2) is 4.79 Å². The van der Waals surface area contributed by atoms with Gasteiger partial charge < -0.3 is 9.84 Å². The lowest BCUT2D eigenvalue weighted by molar-refractivity contribution is -0.140. The molecule has 1 atom stereocenters. The van der Waals surface area contributed by atoms with Crippen LogP contribution in [0, 0.1) is 6.92 Å². The number of carbonyl (C=O) groups excluding carboxylic acids is 2. The molecule has 0 aliphatic carbocycles. The molecule has 0 saturated carbocycles. The number of hydrogen-bond donors (Lipinski definition) is 1. The molecule has 4 heteroatoms. The van der Waals surface area contributed by atoms with E-state index in [0.29, 0.717) is 11.1 Å². The van der Waals surface area contributed by atoms with Crippen molar-refractivity contribution in [3.63, 3.8) is 0 Å². The highest BCUT2D eigenvalue weighted by Gasteiger charge is 2.24. The van der Waals surface area contributed by atoms with Crippen LogP contribution in [0.3, 0.4) is 0 Å². The minimum atomic E-state index is -0.861. The molecule has 0 amide bonds. The Hall–Kier alpha value is -2.46. The fourth-order valence-corrected chi connectivity index (χ4v) is 1.99. The molecule has 0 heterocycles. The Morgan fingerprint density at radius 3 is 2.43 bits per heavy atom. The average molecular weight is 284 g/mol. The number of rotatable bonds is 4. The molecule has 0 saturated heterocycles. The summed E-state index contributed by atoms with van der Waals surface area (Å²) in [5, 5.41) is 9.37. The maximum atomic E-state index is 12.0. The molecule has 0 bridgehead atoms. The molecule has 1 unspecified atom stereocenters. The third kappa shape index (κ3) is 3.77. The van der Waals surface area contributed by atoms with Crippen molar-refractivity contribution in [2.45, 2.75) is 12.8 Å². The topological polar surface area (TPSA) is 63.6 Å². The van der Waals surface area contributed by atoms with Crippen molar-refractivity contribution in [3.05, 3.63) is 71.3 Å². The third-order valence-corrected chi connectivity index (χ3v) is 3.12. The molecule has 4 nitrogen and oxygen atoms in total. The van der Waals surface area contributed by atoms with Gasteiger partial charge in [-0.3, -0.25) is 4.79 Å². The second-order valence-corrected chi connectivity index (χ2v) is 4.72. The van der Waals surface area contributed by atoms with E-state index in [0.717, 1.165) is 5.56 Å². The largest absolute Gasteiger partial charge is 0.395 e. The predicted octanol–water partition coefficient (Wildman–Crippen LogP) is 2.45. The van der Waals surface area contributed by atoms with Crippen LogP contribution >= 0.6 is 0 Å². The Kier molecular flexibility index (Phi) is 4.85. The number of esters is 2. The quantitative estimate of drug-likeness (QED) is 0.692. The summed E-state index contributed by atoms with van der Waals surface area (Å²) in [4.78, 5) is 24.0. The molecule has 2 rings (SSSR count). The second-order valence-electron chi connectivity index (χ2n) is 4.72. The maximum absolute atomic E-state index is 12.0. The number of aryl methyl sites for hydroxylation is 1. The van der Waals surface area contributed by atoms with Gasteiger partial charge in [-0.15, -0.1) is 0 Å². The Morgan fingerprint density at radius 2 is 1.81 bits per heavy atom. The first-order valence-electron chi connectivity index (χ1n) is 6.60. The molecule has 2 aromatic carbocycles. The van der Waals surface area contributed by atoms with E-state index < -0.39 is 24.5 Å². The highest BCUT2D eigenvalue weighted by molar-refractivity contribution is 5.98. The summed E-state index contributed by atoms with van der Waals surface area (Å²) in [6, 6.07) is 15.5. The van der Waals surface area contributed by atoms with Crippen molar-refractivity contribution in [2.75, 3.05) is 6.61 Å². The zero-order valence-electron chi connectivity index (χ0n) is 11.7. The van der Waals surface area contributed by atoms with Crippen LogP contribution < -0.4 is 0 Å². The van der Waals surface area contributed by atoms with Crippen LogP contribution in [0.25, 0.3) is 0 Å². The third-order valence-electron chi connectivity index (χ3n) is 3.12. The predicted molar refractivity (Wildman–Crippen MR) is 77.9 cm³/mol. The zero-order chi connectivity index (χ0) is 15.2. The first kappa shape index (κ1) is 14.9. The van der Waals surface area contributed by atoms with E-state index in [1.165, 1.54) is 0 Å². The second kappa shape index (κ2) is 6.81. The number of hydrogen-bond acceptors (Lipinski definition) is 4. The zero-order valence-corrected chi connectivity index (χ0v) is 11.7. The molecule has 0 aliphatic heterocycles. The van der Waals surface area contributed by atoms with Gasteiger partial charge in [0.25, 0.3) is 0 Å². The number of carbonyl (C=O) groups is 2. The molecule has 0 aromatic heterocycles. The Bertz CT molecular complexity index is 634. The monoisotopic (exact) mass is 284 g/mol. The molecule has 2 aromatic rings. The van der Waals surface area contributed by atoms with Gasteiger partial charge >= 0.3 is 11.9 Å². The van der Waals surface area contributed by atoms with Crippen molar-refractivity contribution in [3.8, 4) is 0 Å². The molecular weight excluding hydrogens is 268 g/mol. The lowest BCUT2D eigenvalue weighted by atomic mass is 10.0. The fourth-order valence-electron chi connectivity index (χ4n) is 1.99. The molecule has 0 radical (unpaired) electrons. The van der Waals surface area contributed by atoms with Crippen molar-refractivity contribution in [2.24, 2.45) is 0 Å². The SMILES string of the molecule is Cc1cccc(C(=O)OC(=O)C(CO)c2ccccc2)c1. The van der Waals surface area contributed by atoms with Gasteiger partial charge in [0.05, 0.1) is 12.2 Å². The molecule has 108 valence electrons. The molecular formula is C17H16O4. The summed E-state index contributed by atoms with van der Waals surface area (Å²) in [6.07, 6.45) is 0. The summed E-state index contributed by atoms with van der Waals surface area (Å²) in [7, 11) is 0. The molecule has 1 N–H and O–H groups in total. The van der Waals surface area contributed by atoms with Crippen LogP contribution in [-0.2, 0) is 9.53 Å². The van der Waals surface area contributed by atoms with E-state index >= 15 is 0 Å². The molecule has 0 aliphatic rings. The first-order chi connectivity index (χ1) is 10.1. The Balaban J connectivity index is 2.11. The standard InChI is InChI=1S/C17H16O4/c1-12-6-5-9-14(10-12)16(19)21-17(20)15(11-18)13-7-3-2-4-8-13/h2-10,15,18H,11H2,1H3. The summed E-state index contributed by atoms with van der Waals surface area (Å²) in [6.45, 7) is 1.43. The van der Waals surface area contributed by atoms with Gasteiger partial charge in [-0.2, -0.15) is 0 Å². The highest BCUT2D eigenvalue weighted by Crippen LogP contribution is 2.17. The average Bonchev–Trinajstić information content (AvgIpc) is 2.49. The Labute approximate surface area is 123 Å². The summed E-state index contributed by atoms with van der Waals surface area (Å²) in [5.74, 6) is -2.33. The van der Waals surface area contributed by atoms with Crippen LogP contribution in [-0.4, -0.2) is 23.7 Å². The van der Waals surface area contributed by atoms with Crippen LogP contribution in [0.5, 0.6) is 0 Å². The van der Waals surface area contributed by atoms with Crippen molar-refractivity contribution < 1.29 is 19.4 Å². The van der Waals surface area contributed by atoms with Gasteiger partial charge in [0.2, 0.25) is 0 Å². The summed E-state index contributed by atoms with van der Waals surface area (Å²) < 4.78 is 4.86. The summed E-state index contributed by atoms with van der Waals surface area (Å²) >= 11 is 0. The molecule has 0 spiro atoms. The molecule has 21 heavy (non-hydrogen) atoms. The van der Waals surface area contributed by atoms with Crippen molar-refractivity contribution in [1.82, 2.24) is 0 Å². The smallest absolute Gasteiger partial charge is 0.345 e. The minimum absolute atomic E-state index is 0.313. The highest BCUT2D eigenvalue weighted by atomic mass is 16.6. The normalized spacial score (nSPS) is 11.7. The van der Waals surface area contributed by atoms with Crippen LogP contribution in [0.1, 0.15) is 27.4 Å². The van der Waals surface area contributed by atoms with E-state index in [4.69, 9.17) is 4.74 Å². The van der Waals surface area contributed by atoms with Gasteiger partial charge in [0.15, 0.2) is 0 Å². The van der Waals surface area contributed by atoms with Crippen LogP contribution in [0.4, 0.5) is 0 Å². The van der Waals surface area contributed by atoms with Gasteiger partial charge in [0.1, 0.15) is 5.92 Å². The number of aliphatic hydroxyl groups is 1. The molecule has 0 fully saturated rings. The van der Waals surface area contributed by atoms with Crippen LogP contribution in [0.2, 0.25) is 0 Å². The van der Waals surface area contributed by atoms with E-state index in [9.17, 15) is 14.7 Å². The number of benzene rings is 2. The van der Waals surface area contributed by atoms with Gasteiger partial charge in [-0.1, -0.05) is 48.0 Å². The van der Waals surface area contributed by atoms with Crippen molar-refractivity contribution in [1.29, 1.82) is 0 Å². The summed E-state index contributed by atoms with van der Waals surface area (Å²) in [5.41, 5.74) is 1.83. The van der Waals surface area contributed by atoms with Gasteiger partial charge in [-0.05, 0) is 24.6 Å². The Morgan fingerprint density at radius 1 is 1.10 bits per heavy atom. The maximum Gasteiger partial charge on any atom is 0.345 e. The van der Waals surface area contributed by atoms with E-state index in [-0.39, 0.29) is 0 Å². The fraction of sp³-hybridized carbons (Fsp3) is 0.176. The van der Waals surface area contributed by atoms with Crippen molar-refractivity contribution >= 4 is 11.9 Å². The van der Waals surface area contributed by atoms with E-state index in [1.54, 1.807) is 48.5 Å². The lowest BCUT2D eigenvalue weighted by Crippen LogP contribution is -2.22. The van der Waals surface area contributed by atoms with E-state index in [2.05, 4.69) is 0 Å². The van der Waals surface area contributed by atoms with Gasteiger partial charge in [0, 0.05) is 0 Å². The first-order valence-corrected chi connectivity index (χ1v) is 6.60.